The molecular formula is C18H30AsF3N2O2Sn. The number of carbonyl (C=O) groups is 1. The van der Waals surface area contributed by atoms with Crippen molar-refractivity contribution < 1.29 is 22.7 Å². The van der Waals surface area contributed by atoms with E-state index in [-0.39, 0.29) is 0 Å². The normalized spacial score (nSPS) is 14.4. The predicted molar refractivity (Wildman–Crippen MR) is 107 cm³/mol. The zero-order chi connectivity index (χ0) is 21.0. The molecule has 154 valence electrons. The molecule has 0 spiro atoms. The number of rotatable bonds is 9. The SMILES string of the molecule is CC(C)[AsH]c1c[c]([Sn]([CH3])([CH3])[CH3])ncc1C(=O)NCC(F)C(C)(C)OC(F)F. The van der Waals surface area contributed by atoms with Gasteiger partial charge in [0.15, 0.2) is 0 Å². The van der Waals surface area contributed by atoms with Crippen molar-refractivity contribution >= 4 is 48.1 Å². The van der Waals surface area contributed by atoms with E-state index in [0.717, 1.165) is 8.06 Å². The van der Waals surface area contributed by atoms with Gasteiger partial charge in [0.05, 0.1) is 0 Å². The number of amides is 1. The van der Waals surface area contributed by atoms with Crippen molar-refractivity contribution in [3.63, 3.8) is 0 Å². The maximum absolute atomic E-state index is 14.3. The second-order valence-corrected chi connectivity index (χ2v) is 26.8. The predicted octanol–water partition coefficient (Wildman–Crippen LogP) is 2.60. The van der Waals surface area contributed by atoms with Crippen LogP contribution in [0.4, 0.5) is 13.2 Å². The van der Waals surface area contributed by atoms with E-state index < -0.39 is 65.0 Å². The molecule has 0 aliphatic heterocycles. The van der Waals surface area contributed by atoms with Crippen LogP contribution in [-0.2, 0) is 4.74 Å². The number of halogens is 3. The van der Waals surface area contributed by atoms with Crippen LogP contribution in [0.2, 0.25) is 19.5 Å². The summed E-state index contributed by atoms with van der Waals surface area (Å²) < 4.78 is 45.9. The summed E-state index contributed by atoms with van der Waals surface area (Å²) in [5, 5.41) is 2.51. The van der Waals surface area contributed by atoms with Crippen LogP contribution in [0.5, 0.6) is 0 Å². The van der Waals surface area contributed by atoms with E-state index in [9.17, 15) is 18.0 Å². The van der Waals surface area contributed by atoms with Crippen LogP contribution in [0.15, 0.2) is 12.3 Å². The van der Waals surface area contributed by atoms with Gasteiger partial charge in [0.1, 0.15) is 0 Å². The molecule has 0 saturated heterocycles. The van der Waals surface area contributed by atoms with E-state index in [1.807, 2.05) is 0 Å². The van der Waals surface area contributed by atoms with E-state index in [1.54, 1.807) is 6.20 Å². The van der Waals surface area contributed by atoms with Gasteiger partial charge in [-0.15, -0.1) is 0 Å². The molecule has 0 bridgehead atoms. The summed E-state index contributed by atoms with van der Waals surface area (Å²) in [6, 6.07) is 2.06. The summed E-state index contributed by atoms with van der Waals surface area (Å²) in [7, 11) is 0. The van der Waals surface area contributed by atoms with Gasteiger partial charge in [0, 0.05) is 0 Å². The first-order valence-corrected chi connectivity index (χ1v) is 21.1. The van der Waals surface area contributed by atoms with Gasteiger partial charge >= 0.3 is 171 Å². The number of aromatic nitrogens is 1. The third-order valence-electron chi connectivity index (χ3n) is 3.95. The molecule has 0 saturated carbocycles. The molecule has 1 aromatic rings. The fourth-order valence-electron chi connectivity index (χ4n) is 2.30. The molecule has 2 atom stereocenters. The number of hydrogen-bond acceptors (Lipinski definition) is 3. The number of carbonyl (C=O) groups excluding carboxylic acids is 1. The van der Waals surface area contributed by atoms with Gasteiger partial charge in [-0.05, 0) is 0 Å². The van der Waals surface area contributed by atoms with Gasteiger partial charge in [0.2, 0.25) is 0 Å². The van der Waals surface area contributed by atoms with Crippen LogP contribution in [0.1, 0.15) is 38.1 Å². The van der Waals surface area contributed by atoms with Crippen molar-refractivity contribution in [1.29, 1.82) is 0 Å². The van der Waals surface area contributed by atoms with Crippen molar-refractivity contribution in [2.45, 2.75) is 65.6 Å². The Kier molecular flexibility index (Phi) is 9.14. The quantitative estimate of drug-likeness (QED) is 0.476. The number of alkyl halides is 3. The van der Waals surface area contributed by atoms with Gasteiger partial charge in [0.25, 0.3) is 0 Å². The minimum atomic E-state index is -3.07. The standard InChI is InChI=1S/C15H21AsF3N2O2.3CH3.Sn/c1-9(2)16-11-5-6-20-7-10(11)13(22)21-8-12(17)15(3,4)23-14(18)19;;;;/h5,7,9,12,14,16H,8H2,1-4H3,(H,21,22);3*1H3;. The van der Waals surface area contributed by atoms with Crippen molar-refractivity contribution in [1.82, 2.24) is 10.3 Å². The summed E-state index contributed by atoms with van der Waals surface area (Å²) in [6.07, 6.45) is -0.180. The molecule has 1 amide bonds. The van der Waals surface area contributed by atoms with Crippen LogP contribution in [0, 0.1) is 0 Å². The van der Waals surface area contributed by atoms with Crippen LogP contribution < -0.4 is 13.4 Å². The molecule has 4 nitrogen and oxygen atoms in total. The Morgan fingerprint density at radius 3 is 2.37 bits per heavy atom. The molecule has 0 aliphatic rings. The summed E-state index contributed by atoms with van der Waals surface area (Å²) in [5.41, 5.74) is -1.23. The van der Waals surface area contributed by atoms with Crippen molar-refractivity contribution in [2.24, 2.45) is 0 Å². The van der Waals surface area contributed by atoms with E-state index in [1.165, 1.54) is 13.8 Å². The molecule has 1 heterocycles. The Hall–Kier alpha value is -0.273. The number of nitrogens with zero attached hydrogens (tertiary/aromatic N) is 1. The molecule has 0 radical (unpaired) electrons. The van der Waals surface area contributed by atoms with Gasteiger partial charge in [-0.1, -0.05) is 0 Å². The average molecular weight is 557 g/mol. The Morgan fingerprint density at radius 2 is 1.89 bits per heavy atom. The Bertz CT molecular complexity index is 652. The van der Waals surface area contributed by atoms with Crippen molar-refractivity contribution in [3.05, 3.63) is 17.8 Å². The van der Waals surface area contributed by atoms with Crippen LogP contribution in [0.3, 0.4) is 0 Å². The Balaban J connectivity index is 2.96. The molecule has 9 heteroatoms. The molecule has 0 fully saturated rings. The first-order chi connectivity index (χ1) is 12.2. The second-order valence-electron chi connectivity index (χ2n) is 8.32. The second kappa shape index (κ2) is 9.97. The van der Waals surface area contributed by atoms with Crippen molar-refractivity contribution in [3.8, 4) is 0 Å². The van der Waals surface area contributed by atoms with E-state index in [2.05, 4.69) is 49.8 Å². The van der Waals surface area contributed by atoms with Crippen LogP contribution >= 0.6 is 0 Å². The fourth-order valence-corrected chi connectivity index (χ4v) is 8.57. The number of pyridine rings is 1. The summed E-state index contributed by atoms with van der Waals surface area (Å²) in [4.78, 5) is 23.9. The van der Waals surface area contributed by atoms with E-state index in [0.29, 0.717) is 10.3 Å². The zero-order valence-corrected chi connectivity index (χ0v) is 21.9. The first kappa shape index (κ1) is 24.8. The first-order valence-electron chi connectivity index (χ1n) is 8.89. The summed E-state index contributed by atoms with van der Waals surface area (Å²) in [6.45, 7) is 3.23. The van der Waals surface area contributed by atoms with Gasteiger partial charge < -0.3 is 0 Å². The van der Waals surface area contributed by atoms with Gasteiger partial charge in [-0.3, -0.25) is 0 Å². The molecule has 27 heavy (non-hydrogen) atoms. The zero-order valence-electron chi connectivity index (χ0n) is 17.0. The molecule has 2 unspecified atom stereocenters. The number of ether oxygens (including phenoxy) is 1. The molecule has 0 aromatic carbocycles. The summed E-state index contributed by atoms with van der Waals surface area (Å²) in [5.74, 6) is -0.423. The maximum atomic E-state index is 14.3. The fraction of sp³-hybridized carbons (Fsp3) is 0.667. The third-order valence-corrected chi connectivity index (χ3v) is 11.8. The molecule has 1 N–H and O–H groups in total. The van der Waals surface area contributed by atoms with Crippen LogP contribution in [0.25, 0.3) is 0 Å². The monoisotopic (exact) mass is 558 g/mol. The van der Waals surface area contributed by atoms with E-state index in [4.69, 9.17) is 0 Å². The number of hydrogen-bond donors (Lipinski definition) is 1. The average Bonchev–Trinajstić information content (AvgIpc) is 2.49. The number of nitrogens with one attached hydrogen (secondary N) is 1. The third kappa shape index (κ3) is 7.93. The van der Waals surface area contributed by atoms with Crippen molar-refractivity contribution in [2.75, 3.05) is 6.54 Å². The topological polar surface area (TPSA) is 51.2 Å². The Labute approximate surface area is 170 Å². The Morgan fingerprint density at radius 1 is 1.30 bits per heavy atom. The minimum absolute atomic E-state index is 0.403. The van der Waals surface area contributed by atoms with Gasteiger partial charge in [-0.25, -0.2) is 0 Å². The van der Waals surface area contributed by atoms with E-state index >= 15 is 0 Å². The molecular weight excluding hydrogens is 527 g/mol. The van der Waals surface area contributed by atoms with Crippen LogP contribution in [-0.4, -0.2) is 69.9 Å². The molecule has 1 rings (SSSR count). The molecule has 0 aliphatic carbocycles. The van der Waals surface area contributed by atoms with Gasteiger partial charge in [-0.2, -0.15) is 0 Å². The summed E-state index contributed by atoms with van der Waals surface area (Å²) >= 11 is -2.93. The molecule has 1 aromatic heterocycles.